The summed E-state index contributed by atoms with van der Waals surface area (Å²) in [5, 5.41) is 12.7. The summed E-state index contributed by atoms with van der Waals surface area (Å²) in [6, 6.07) is 0. The maximum atomic E-state index is 12.1. The molecule has 0 heterocycles. The molecule has 210 valence electrons. The van der Waals surface area contributed by atoms with Gasteiger partial charge in [0.15, 0.2) is 5.72 Å². The maximum Gasteiger partial charge on any atom is 0.268 e. The van der Waals surface area contributed by atoms with Crippen molar-refractivity contribution in [2.75, 3.05) is 40.9 Å². The molecule has 8 nitrogen and oxygen atoms in total. The number of phosphoric ester groups is 1. The molecule has 0 aliphatic carbocycles. The fourth-order valence-electron chi connectivity index (χ4n) is 3.72. The smallest absolute Gasteiger partial charge is 0.268 e. The number of carbonyl (C=O) groups excluding carboxylic acids is 1. The number of hydrogen-bond acceptors (Lipinski definition) is 6. The zero-order valence-corrected chi connectivity index (χ0v) is 24.2. The van der Waals surface area contributed by atoms with Crippen LogP contribution in [0.4, 0.5) is 0 Å². The third kappa shape index (κ3) is 25.0. The molecule has 1 unspecified atom stereocenters. The van der Waals surface area contributed by atoms with Gasteiger partial charge < -0.3 is 28.8 Å². The van der Waals surface area contributed by atoms with E-state index in [1.54, 1.807) is 0 Å². The average Bonchev–Trinajstić information content (AvgIpc) is 2.74. The van der Waals surface area contributed by atoms with E-state index in [9.17, 15) is 19.4 Å². The highest BCUT2D eigenvalue weighted by atomic mass is 31.2. The van der Waals surface area contributed by atoms with Crippen molar-refractivity contribution in [1.82, 2.24) is 5.32 Å². The Balaban J connectivity index is 3.70. The molecule has 0 saturated carbocycles. The minimum atomic E-state index is -4.54. The lowest BCUT2D eigenvalue weighted by atomic mass is 10.0. The molecule has 0 saturated heterocycles. The lowest BCUT2D eigenvalue weighted by Crippen LogP contribution is -2.49. The van der Waals surface area contributed by atoms with E-state index in [0.29, 0.717) is 17.4 Å². The van der Waals surface area contributed by atoms with Gasteiger partial charge in [0.1, 0.15) is 19.8 Å². The molecule has 0 aromatic heterocycles. The molecule has 0 aromatic rings. The SMILES string of the molecule is CCCCCCCCCCCCCCCCCC(=O)N[C@](C)(O)COP(=O)([O-])OCC[N+](C)(C)C. The molecule has 2 atom stereocenters. The maximum absolute atomic E-state index is 12.1. The van der Waals surface area contributed by atoms with Crippen LogP contribution in [0.3, 0.4) is 0 Å². The van der Waals surface area contributed by atoms with E-state index in [0.717, 1.165) is 19.3 Å². The number of nitrogens with zero attached hydrogens (tertiary/aromatic N) is 1. The Morgan fingerprint density at radius 3 is 1.71 bits per heavy atom. The number of phosphoric acid groups is 1. The Kier molecular flexibility index (Phi) is 19.3. The highest BCUT2D eigenvalue weighted by Crippen LogP contribution is 2.38. The average molecular weight is 523 g/mol. The van der Waals surface area contributed by atoms with Crippen LogP contribution >= 0.6 is 7.82 Å². The summed E-state index contributed by atoms with van der Waals surface area (Å²) < 4.78 is 21.9. The molecule has 2 N–H and O–H groups in total. The standard InChI is InChI=1S/C26H55N2O6P/c1-6-7-8-9-10-11-12-13-14-15-16-17-18-19-20-21-25(29)27-26(2,30)24-34-35(31,32)33-23-22-28(3,4)5/h30H,6-24H2,1-5H3,(H-,27,29,31,32)/t26-/m1/s1. The second kappa shape index (κ2) is 19.6. The van der Waals surface area contributed by atoms with Crippen LogP contribution in [-0.4, -0.2) is 62.1 Å². The molecule has 35 heavy (non-hydrogen) atoms. The van der Waals surface area contributed by atoms with Gasteiger partial charge in [0.05, 0.1) is 21.1 Å². The third-order valence-corrected chi connectivity index (χ3v) is 6.88. The molecule has 0 radical (unpaired) electrons. The minimum Gasteiger partial charge on any atom is -0.756 e. The first-order chi connectivity index (χ1) is 16.4. The summed E-state index contributed by atoms with van der Waals surface area (Å²) in [7, 11) is 1.20. The number of aliphatic hydroxyl groups is 1. The Morgan fingerprint density at radius 1 is 0.857 bits per heavy atom. The number of nitrogens with one attached hydrogen (secondary N) is 1. The van der Waals surface area contributed by atoms with Crippen LogP contribution in [0, 0.1) is 0 Å². The Hall–Kier alpha value is -0.500. The van der Waals surface area contributed by atoms with E-state index in [1.165, 1.54) is 84.0 Å². The summed E-state index contributed by atoms with van der Waals surface area (Å²) in [5.41, 5.74) is -1.78. The highest BCUT2D eigenvalue weighted by molar-refractivity contribution is 7.45. The van der Waals surface area contributed by atoms with Gasteiger partial charge in [0.2, 0.25) is 5.91 Å². The fourth-order valence-corrected chi connectivity index (χ4v) is 4.51. The predicted octanol–water partition coefficient (Wildman–Crippen LogP) is 5.28. The van der Waals surface area contributed by atoms with Crippen molar-refractivity contribution in [3.8, 4) is 0 Å². The van der Waals surface area contributed by atoms with Crippen molar-refractivity contribution in [2.24, 2.45) is 0 Å². The number of rotatable bonds is 24. The second-order valence-electron chi connectivity index (χ2n) is 11.1. The Labute approximate surface area is 215 Å². The molecular weight excluding hydrogens is 467 g/mol. The highest BCUT2D eigenvalue weighted by Gasteiger charge is 2.26. The largest absolute Gasteiger partial charge is 0.756 e. The van der Waals surface area contributed by atoms with E-state index in [4.69, 9.17) is 9.05 Å². The van der Waals surface area contributed by atoms with E-state index in [2.05, 4.69) is 12.2 Å². The van der Waals surface area contributed by atoms with Crippen molar-refractivity contribution in [2.45, 2.75) is 122 Å². The number of carbonyl (C=O) groups is 1. The lowest BCUT2D eigenvalue weighted by molar-refractivity contribution is -0.870. The molecule has 1 amide bonds. The van der Waals surface area contributed by atoms with E-state index >= 15 is 0 Å². The molecule has 0 aliphatic heterocycles. The van der Waals surface area contributed by atoms with Gasteiger partial charge in [-0.3, -0.25) is 9.36 Å². The van der Waals surface area contributed by atoms with Crippen LogP contribution in [0.2, 0.25) is 0 Å². The first-order valence-corrected chi connectivity index (χ1v) is 15.3. The van der Waals surface area contributed by atoms with Crippen molar-refractivity contribution in [3.63, 3.8) is 0 Å². The van der Waals surface area contributed by atoms with E-state index in [1.807, 2.05) is 21.1 Å². The molecule has 0 aromatic carbocycles. The fraction of sp³-hybridized carbons (Fsp3) is 0.962. The second-order valence-corrected chi connectivity index (χ2v) is 12.5. The van der Waals surface area contributed by atoms with Crippen LogP contribution in [0.1, 0.15) is 117 Å². The summed E-state index contributed by atoms with van der Waals surface area (Å²) in [6.45, 7) is 3.44. The first kappa shape index (κ1) is 34.5. The van der Waals surface area contributed by atoms with E-state index in [-0.39, 0.29) is 12.5 Å². The number of amides is 1. The Bertz CT molecular complexity index is 581. The van der Waals surface area contributed by atoms with Gasteiger partial charge in [0, 0.05) is 6.42 Å². The molecular formula is C26H55N2O6P. The zero-order chi connectivity index (χ0) is 26.6. The van der Waals surface area contributed by atoms with Gasteiger partial charge in [-0.2, -0.15) is 0 Å². The number of likely N-dealkylation sites (N-methyl/N-ethyl adjacent to an activating group) is 1. The number of hydrogen-bond donors (Lipinski definition) is 2. The minimum absolute atomic E-state index is 0.0159. The van der Waals surface area contributed by atoms with Gasteiger partial charge in [-0.05, 0) is 13.3 Å². The monoisotopic (exact) mass is 522 g/mol. The van der Waals surface area contributed by atoms with Crippen LogP contribution < -0.4 is 10.2 Å². The normalized spacial score (nSPS) is 15.5. The van der Waals surface area contributed by atoms with Crippen LogP contribution in [0.15, 0.2) is 0 Å². The van der Waals surface area contributed by atoms with Crippen molar-refractivity contribution in [3.05, 3.63) is 0 Å². The van der Waals surface area contributed by atoms with Gasteiger partial charge in [-0.15, -0.1) is 0 Å². The van der Waals surface area contributed by atoms with Crippen LogP contribution in [0.5, 0.6) is 0 Å². The van der Waals surface area contributed by atoms with Crippen LogP contribution in [-0.2, 0) is 18.4 Å². The topological polar surface area (TPSA) is 108 Å². The molecule has 9 heteroatoms. The summed E-state index contributed by atoms with van der Waals surface area (Å²) in [4.78, 5) is 23.9. The predicted molar refractivity (Wildman–Crippen MR) is 141 cm³/mol. The number of unbranched alkanes of at least 4 members (excludes halogenated alkanes) is 14. The van der Waals surface area contributed by atoms with Crippen molar-refractivity contribution < 1.29 is 32.9 Å². The summed E-state index contributed by atoms with van der Waals surface area (Å²) >= 11 is 0. The Morgan fingerprint density at radius 2 is 1.29 bits per heavy atom. The van der Waals surface area contributed by atoms with Gasteiger partial charge in [-0.25, -0.2) is 0 Å². The van der Waals surface area contributed by atoms with Gasteiger partial charge in [0.25, 0.3) is 7.82 Å². The first-order valence-electron chi connectivity index (χ1n) is 13.8. The molecule has 0 aliphatic rings. The molecule has 0 fully saturated rings. The molecule has 0 rings (SSSR count). The summed E-state index contributed by atoms with van der Waals surface area (Å²) in [6.07, 6.45) is 19.1. The lowest BCUT2D eigenvalue weighted by Gasteiger charge is -2.30. The van der Waals surface area contributed by atoms with Gasteiger partial charge >= 0.3 is 0 Å². The third-order valence-electron chi connectivity index (χ3n) is 5.93. The number of quaternary nitrogens is 1. The summed E-state index contributed by atoms with van der Waals surface area (Å²) in [5.74, 6) is -0.319. The van der Waals surface area contributed by atoms with E-state index < -0.39 is 20.2 Å². The molecule has 0 bridgehead atoms. The zero-order valence-electron chi connectivity index (χ0n) is 23.3. The molecule has 0 spiro atoms. The van der Waals surface area contributed by atoms with Crippen molar-refractivity contribution >= 4 is 13.7 Å². The quantitative estimate of drug-likeness (QED) is 0.0773. The van der Waals surface area contributed by atoms with Gasteiger partial charge in [-0.1, -0.05) is 96.8 Å². The van der Waals surface area contributed by atoms with Crippen molar-refractivity contribution in [1.29, 1.82) is 0 Å². The van der Waals surface area contributed by atoms with Crippen LogP contribution in [0.25, 0.3) is 0 Å².